The van der Waals surface area contributed by atoms with E-state index in [0.717, 1.165) is 23.1 Å². The number of carbonyl (C=O) groups excluding carboxylic acids is 1. The van der Waals surface area contributed by atoms with Crippen LogP contribution in [0.3, 0.4) is 0 Å². The summed E-state index contributed by atoms with van der Waals surface area (Å²) in [6, 6.07) is 4.45. The molecule has 30 heavy (non-hydrogen) atoms. The molecule has 6 nitrogen and oxygen atoms in total. The average Bonchev–Trinajstić information content (AvgIpc) is 2.66. The summed E-state index contributed by atoms with van der Waals surface area (Å²) in [4.78, 5) is 25.3. The maximum absolute atomic E-state index is 13.2. The zero-order chi connectivity index (χ0) is 22.1. The maximum atomic E-state index is 13.2. The summed E-state index contributed by atoms with van der Waals surface area (Å²) in [7, 11) is 0. The number of carbonyl (C=O) groups is 1. The fourth-order valence-corrected chi connectivity index (χ4v) is 3.78. The summed E-state index contributed by atoms with van der Waals surface area (Å²) in [5.74, 6) is 1.81. The van der Waals surface area contributed by atoms with Crippen molar-refractivity contribution in [2.75, 3.05) is 36.4 Å². The minimum atomic E-state index is -4.53. The van der Waals surface area contributed by atoms with Crippen LogP contribution < -0.4 is 10.2 Å². The average molecular weight is 421 g/mol. The number of nitrogens with zero attached hydrogens (tertiary/aromatic N) is 4. The van der Waals surface area contributed by atoms with Crippen molar-refractivity contribution in [3.8, 4) is 0 Å². The number of halogens is 3. The molecular formula is C21H26F3N5O. The first-order valence-electron chi connectivity index (χ1n) is 9.90. The van der Waals surface area contributed by atoms with Crippen LogP contribution >= 0.6 is 0 Å². The van der Waals surface area contributed by atoms with Crippen LogP contribution in [-0.2, 0) is 6.18 Å². The Morgan fingerprint density at radius 2 is 1.70 bits per heavy atom. The topological polar surface area (TPSA) is 61.4 Å². The molecule has 162 valence electrons. The molecule has 0 unspecified atom stereocenters. The Hall–Kier alpha value is -2.84. The van der Waals surface area contributed by atoms with Gasteiger partial charge >= 0.3 is 12.2 Å². The highest BCUT2D eigenvalue weighted by Crippen LogP contribution is 2.35. The van der Waals surface area contributed by atoms with E-state index in [0.29, 0.717) is 32.0 Å². The van der Waals surface area contributed by atoms with Gasteiger partial charge in [-0.05, 0) is 31.9 Å². The number of amides is 2. The highest BCUT2D eigenvalue weighted by molar-refractivity contribution is 5.90. The summed E-state index contributed by atoms with van der Waals surface area (Å²) in [6.07, 6.45) is -4.53. The van der Waals surface area contributed by atoms with Gasteiger partial charge in [-0.3, -0.25) is 0 Å². The molecule has 1 saturated heterocycles. The molecule has 0 spiro atoms. The van der Waals surface area contributed by atoms with Crippen molar-refractivity contribution >= 4 is 17.5 Å². The molecule has 1 fully saturated rings. The number of anilines is 2. The number of hydrogen-bond donors (Lipinski definition) is 1. The van der Waals surface area contributed by atoms with Crippen LogP contribution in [0.5, 0.6) is 0 Å². The number of alkyl halides is 3. The Labute approximate surface area is 174 Å². The third-order valence-electron chi connectivity index (χ3n) is 5.15. The lowest BCUT2D eigenvalue weighted by Crippen LogP contribution is -2.50. The Morgan fingerprint density at radius 3 is 2.30 bits per heavy atom. The lowest BCUT2D eigenvalue weighted by molar-refractivity contribution is -0.136. The molecule has 0 saturated carbocycles. The van der Waals surface area contributed by atoms with Crippen molar-refractivity contribution in [1.29, 1.82) is 0 Å². The molecule has 1 aliphatic heterocycles. The second-order valence-electron chi connectivity index (χ2n) is 7.70. The molecule has 2 aromatic rings. The van der Waals surface area contributed by atoms with Crippen molar-refractivity contribution < 1.29 is 18.0 Å². The number of urea groups is 1. The number of para-hydroxylation sites is 1. The largest absolute Gasteiger partial charge is 0.418 e. The Morgan fingerprint density at radius 1 is 1.07 bits per heavy atom. The first kappa shape index (κ1) is 21.9. The Balaban J connectivity index is 1.71. The molecule has 2 heterocycles. The van der Waals surface area contributed by atoms with Gasteiger partial charge in [0.1, 0.15) is 11.6 Å². The van der Waals surface area contributed by atoms with Gasteiger partial charge in [-0.15, -0.1) is 0 Å². The van der Waals surface area contributed by atoms with Crippen molar-refractivity contribution in [3.63, 3.8) is 0 Å². The second-order valence-corrected chi connectivity index (χ2v) is 7.70. The molecule has 0 atom stereocenters. The van der Waals surface area contributed by atoms with Crippen LogP contribution in [-0.4, -0.2) is 47.1 Å². The molecule has 2 amide bonds. The van der Waals surface area contributed by atoms with Crippen LogP contribution in [0.25, 0.3) is 0 Å². The minimum absolute atomic E-state index is 0.235. The third-order valence-corrected chi connectivity index (χ3v) is 5.15. The Kier molecular flexibility index (Phi) is 6.19. The summed E-state index contributed by atoms with van der Waals surface area (Å²) in [5, 5.41) is 2.41. The number of aryl methyl sites for hydroxylation is 2. The van der Waals surface area contributed by atoms with E-state index in [1.54, 1.807) is 0 Å². The van der Waals surface area contributed by atoms with E-state index >= 15 is 0 Å². The van der Waals surface area contributed by atoms with E-state index < -0.39 is 17.8 Å². The van der Waals surface area contributed by atoms with Crippen molar-refractivity contribution in [3.05, 3.63) is 46.9 Å². The smallest absolute Gasteiger partial charge is 0.353 e. The third kappa shape index (κ3) is 4.66. The van der Waals surface area contributed by atoms with Crippen molar-refractivity contribution in [1.82, 2.24) is 14.9 Å². The van der Waals surface area contributed by atoms with Crippen LogP contribution in [0, 0.1) is 13.8 Å². The van der Waals surface area contributed by atoms with Gasteiger partial charge < -0.3 is 15.1 Å². The normalized spacial score (nSPS) is 14.9. The predicted molar refractivity (Wildman–Crippen MR) is 110 cm³/mol. The number of hydrogen-bond acceptors (Lipinski definition) is 4. The number of rotatable bonds is 3. The van der Waals surface area contributed by atoms with E-state index in [1.165, 1.54) is 23.1 Å². The first-order chi connectivity index (χ1) is 14.1. The highest BCUT2D eigenvalue weighted by Gasteiger charge is 2.34. The van der Waals surface area contributed by atoms with Crippen LogP contribution in [0.4, 0.5) is 29.5 Å². The van der Waals surface area contributed by atoms with E-state index in [-0.39, 0.29) is 11.6 Å². The van der Waals surface area contributed by atoms with E-state index in [1.807, 2.05) is 13.8 Å². The van der Waals surface area contributed by atoms with Crippen LogP contribution in [0.2, 0.25) is 0 Å². The molecule has 1 N–H and O–H groups in total. The number of piperazine rings is 1. The molecule has 0 aliphatic carbocycles. The standard InChI is InChI=1S/C21H26F3N5O/c1-13(2)18-14(3)25-15(4)26-19(18)28-9-11-29(12-10-28)20(30)27-17-8-6-5-7-16(17)21(22,23)24/h5-8,13H,9-12H2,1-4H3,(H,27,30). The monoisotopic (exact) mass is 421 g/mol. The maximum Gasteiger partial charge on any atom is 0.418 e. The zero-order valence-electron chi connectivity index (χ0n) is 17.5. The summed E-state index contributed by atoms with van der Waals surface area (Å²) < 4.78 is 39.5. The molecule has 1 aromatic heterocycles. The molecule has 0 radical (unpaired) electrons. The highest BCUT2D eigenvalue weighted by atomic mass is 19.4. The molecule has 9 heteroatoms. The lowest BCUT2D eigenvalue weighted by atomic mass is 10.0. The molecule has 1 aromatic carbocycles. The fourth-order valence-electron chi connectivity index (χ4n) is 3.78. The Bertz CT molecular complexity index is 921. The predicted octanol–water partition coefficient (Wildman–Crippen LogP) is 4.59. The van der Waals surface area contributed by atoms with Gasteiger partial charge in [0.25, 0.3) is 0 Å². The van der Waals surface area contributed by atoms with Gasteiger partial charge in [-0.25, -0.2) is 14.8 Å². The van der Waals surface area contributed by atoms with Gasteiger partial charge in [0.15, 0.2) is 0 Å². The van der Waals surface area contributed by atoms with Gasteiger partial charge in [-0.2, -0.15) is 13.2 Å². The zero-order valence-corrected chi connectivity index (χ0v) is 17.5. The number of nitrogens with one attached hydrogen (secondary N) is 1. The summed E-state index contributed by atoms with van der Waals surface area (Å²) >= 11 is 0. The van der Waals surface area contributed by atoms with Crippen LogP contribution in [0.1, 0.15) is 42.4 Å². The van der Waals surface area contributed by atoms with E-state index in [4.69, 9.17) is 0 Å². The minimum Gasteiger partial charge on any atom is -0.353 e. The quantitative estimate of drug-likeness (QED) is 0.788. The molecule has 3 rings (SSSR count). The van der Waals surface area contributed by atoms with Gasteiger partial charge in [-0.1, -0.05) is 26.0 Å². The summed E-state index contributed by atoms with van der Waals surface area (Å²) in [6.45, 7) is 9.86. The van der Waals surface area contributed by atoms with Crippen molar-refractivity contribution in [2.45, 2.75) is 39.8 Å². The SMILES string of the molecule is Cc1nc(C)c(C(C)C)c(N2CCN(C(=O)Nc3ccccc3C(F)(F)F)CC2)n1. The molecule has 0 bridgehead atoms. The van der Waals surface area contributed by atoms with E-state index in [9.17, 15) is 18.0 Å². The fraction of sp³-hybridized carbons (Fsp3) is 0.476. The van der Waals surface area contributed by atoms with Gasteiger partial charge in [0, 0.05) is 37.4 Å². The van der Waals surface area contributed by atoms with Crippen LogP contribution in [0.15, 0.2) is 24.3 Å². The van der Waals surface area contributed by atoms with Gasteiger partial charge in [0.05, 0.1) is 11.3 Å². The lowest BCUT2D eigenvalue weighted by Gasteiger charge is -2.37. The van der Waals surface area contributed by atoms with Crippen molar-refractivity contribution in [2.24, 2.45) is 0 Å². The molecular weight excluding hydrogens is 395 g/mol. The summed E-state index contributed by atoms with van der Waals surface area (Å²) in [5.41, 5.74) is 0.932. The first-order valence-corrected chi connectivity index (χ1v) is 9.90. The number of benzene rings is 1. The van der Waals surface area contributed by atoms with Gasteiger partial charge in [0.2, 0.25) is 0 Å². The molecule has 1 aliphatic rings. The second kappa shape index (κ2) is 8.49. The number of aromatic nitrogens is 2. The van der Waals surface area contributed by atoms with E-state index in [2.05, 4.69) is 34.0 Å².